The highest BCUT2D eigenvalue weighted by atomic mass is 127. The van der Waals surface area contributed by atoms with Gasteiger partial charge in [0.1, 0.15) is 7.05 Å². The number of aromatic nitrogens is 1. The molecule has 0 unspecified atom stereocenters. The van der Waals surface area contributed by atoms with Crippen molar-refractivity contribution in [3.8, 4) is 11.5 Å². The molecule has 2 aromatic rings. The lowest BCUT2D eigenvalue weighted by Crippen LogP contribution is -3.00. The number of pyridine rings is 1. The third-order valence-corrected chi connectivity index (χ3v) is 2.91. The summed E-state index contributed by atoms with van der Waals surface area (Å²) in [7, 11) is 5.19. The van der Waals surface area contributed by atoms with E-state index in [0.717, 1.165) is 10.9 Å². The lowest BCUT2D eigenvalue weighted by molar-refractivity contribution is -0.644. The first-order chi connectivity index (χ1) is 7.67. The van der Waals surface area contributed by atoms with Gasteiger partial charge in [0.05, 0.1) is 30.7 Å². The molecular formula is C12H13ClINO2. The Balaban J connectivity index is 0.00000144. The Hall–Kier alpha value is -0.750. The van der Waals surface area contributed by atoms with E-state index in [9.17, 15) is 0 Å². The Morgan fingerprint density at radius 2 is 1.71 bits per heavy atom. The van der Waals surface area contributed by atoms with Gasteiger partial charge in [-0.25, -0.2) is 4.57 Å². The predicted molar refractivity (Wildman–Crippen MR) is 63.2 cm³/mol. The van der Waals surface area contributed by atoms with Crippen LogP contribution in [0.15, 0.2) is 24.4 Å². The zero-order chi connectivity index (χ0) is 11.7. The van der Waals surface area contributed by atoms with Gasteiger partial charge in [0.2, 0.25) is 5.52 Å². The molecule has 2 rings (SSSR count). The van der Waals surface area contributed by atoms with Crippen LogP contribution in [0.2, 0.25) is 5.02 Å². The lowest BCUT2D eigenvalue weighted by Gasteiger charge is -2.08. The third kappa shape index (κ3) is 2.57. The fourth-order valence-electron chi connectivity index (χ4n) is 1.70. The lowest BCUT2D eigenvalue weighted by atomic mass is 10.2. The van der Waals surface area contributed by atoms with Crippen LogP contribution in [0.1, 0.15) is 0 Å². The molecule has 1 aromatic carbocycles. The van der Waals surface area contributed by atoms with E-state index < -0.39 is 0 Å². The second-order valence-electron chi connectivity index (χ2n) is 3.50. The van der Waals surface area contributed by atoms with Gasteiger partial charge in [-0.3, -0.25) is 0 Å². The number of benzene rings is 1. The minimum atomic E-state index is 0. The van der Waals surface area contributed by atoms with Gasteiger partial charge >= 0.3 is 0 Å². The van der Waals surface area contributed by atoms with Gasteiger partial charge in [0.25, 0.3) is 0 Å². The zero-order valence-electron chi connectivity index (χ0n) is 9.83. The van der Waals surface area contributed by atoms with Crippen LogP contribution in [0, 0.1) is 0 Å². The van der Waals surface area contributed by atoms with Crippen LogP contribution in [0.25, 0.3) is 10.9 Å². The molecule has 17 heavy (non-hydrogen) atoms. The Morgan fingerprint density at radius 3 is 2.29 bits per heavy atom. The van der Waals surface area contributed by atoms with Gasteiger partial charge in [0, 0.05) is 6.07 Å². The Bertz CT molecular complexity index is 497. The molecule has 1 heterocycles. The highest BCUT2D eigenvalue weighted by Crippen LogP contribution is 2.33. The molecule has 0 saturated carbocycles. The van der Waals surface area contributed by atoms with E-state index in [-0.39, 0.29) is 24.0 Å². The van der Waals surface area contributed by atoms with Crippen molar-refractivity contribution >= 4 is 22.5 Å². The summed E-state index contributed by atoms with van der Waals surface area (Å²) in [5.74, 6) is 1.39. The van der Waals surface area contributed by atoms with Crippen molar-refractivity contribution in [2.75, 3.05) is 14.2 Å². The largest absolute Gasteiger partial charge is 1.00 e. The molecule has 0 aliphatic heterocycles. The molecule has 0 aliphatic rings. The standard InChI is InChI=1S/C12H13ClNO2.HI/c1-14-5-4-9(13)8-6-11(15-2)12(16-3)7-10(8)14;/h4-7H,1-3H3;1H/q+1;/p-1. The maximum absolute atomic E-state index is 6.14. The van der Waals surface area contributed by atoms with Gasteiger partial charge in [-0.05, 0) is 6.07 Å². The topological polar surface area (TPSA) is 22.3 Å². The average Bonchev–Trinajstić information content (AvgIpc) is 2.32. The Morgan fingerprint density at radius 1 is 1.12 bits per heavy atom. The minimum Gasteiger partial charge on any atom is -1.00 e. The predicted octanol–water partition coefficient (Wildman–Crippen LogP) is -0.661. The third-order valence-electron chi connectivity index (χ3n) is 2.58. The van der Waals surface area contributed by atoms with Crippen molar-refractivity contribution in [3.05, 3.63) is 29.4 Å². The molecule has 1 aromatic heterocycles. The van der Waals surface area contributed by atoms with Gasteiger partial charge in [0.15, 0.2) is 17.7 Å². The molecular weight excluding hydrogens is 352 g/mol. The smallest absolute Gasteiger partial charge is 0.217 e. The number of ether oxygens (including phenoxy) is 2. The first-order valence-corrected chi connectivity index (χ1v) is 5.25. The summed E-state index contributed by atoms with van der Waals surface area (Å²) in [4.78, 5) is 0. The van der Waals surface area contributed by atoms with Crippen molar-refractivity contribution in [1.82, 2.24) is 0 Å². The van der Waals surface area contributed by atoms with E-state index in [1.54, 1.807) is 14.2 Å². The normalized spacial score (nSPS) is 9.88. The molecule has 0 atom stereocenters. The molecule has 3 nitrogen and oxygen atoms in total. The molecule has 92 valence electrons. The van der Waals surface area contributed by atoms with Gasteiger partial charge < -0.3 is 33.5 Å². The molecule has 0 spiro atoms. The van der Waals surface area contributed by atoms with E-state index >= 15 is 0 Å². The molecule has 5 heteroatoms. The molecule has 0 amide bonds. The summed E-state index contributed by atoms with van der Waals surface area (Å²) in [6, 6.07) is 5.66. The van der Waals surface area contributed by atoms with Crippen molar-refractivity contribution in [2.24, 2.45) is 7.05 Å². The van der Waals surface area contributed by atoms with Crippen molar-refractivity contribution < 1.29 is 38.0 Å². The number of rotatable bonds is 2. The maximum Gasteiger partial charge on any atom is 0.217 e. The molecule has 0 saturated heterocycles. The molecule has 0 radical (unpaired) electrons. The number of fused-ring (bicyclic) bond motifs is 1. The van der Waals surface area contributed by atoms with Crippen LogP contribution >= 0.6 is 11.6 Å². The number of aryl methyl sites for hydroxylation is 1. The van der Waals surface area contributed by atoms with Crippen LogP contribution in [0.4, 0.5) is 0 Å². The summed E-state index contributed by atoms with van der Waals surface area (Å²) in [5.41, 5.74) is 1.00. The first kappa shape index (κ1) is 14.3. The van der Waals surface area contributed by atoms with E-state index in [4.69, 9.17) is 21.1 Å². The summed E-state index contributed by atoms with van der Waals surface area (Å²) < 4.78 is 12.5. The second kappa shape index (κ2) is 5.73. The average molecular weight is 366 g/mol. The molecule has 0 aliphatic carbocycles. The highest BCUT2D eigenvalue weighted by molar-refractivity contribution is 6.35. The molecule has 0 bridgehead atoms. The van der Waals surface area contributed by atoms with Crippen LogP contribution in [-0.2, 0) is 7.05 Å². The summed E-state index contributed by atoms with van der Waals surface area (Å²) in [6.45, 7) is 0. The number of methoxy groups -OCH3 is 2. The molecule has 0 fully saturated rings. The van der Waals surface area contributed by atoms with Gasteiger partial charge in [-0.15, -0.1) is 0 Å². The zero-order valence-corrected chi connectivity index (χ0v) is 12.7. The SMILES string of the molecule is COc1cc2c(Cl)cc[n+](C)c2cc1OC.[I-]. The van der Waals surface area contributed by atoms with E-state index in [0.29, 0.717) is 16.5 Å². The summed E-state index contributed by atoms with van der Waals surface area (Å²) >= 11 is 6.14. The van der Waals surface area contributed by atoms with Crippen molar-refractivity contribution in [3.63, 3.8) is 0 Å². The number of hydrogen-bond acceptors (Lipinski definition) is 2. The van der Waals surface area contributed by atoms with Crippen LogP contribution < -0.4 is 38.0 Å². The minimum absolute atomic E-state index is 0. The summed E-state index contributed by atoms with van der Waals surface area (Å²) in [6.07, 6.45) is 1.91. The highest BCUT2D eigenvalue weighted by Gasteiger charge is 2.14. The first-order valence-electron chi connectivity index (χ1n) is 4.87. The number of hydrogen-bond donors (Lipinski definition) is 0. The summed E-state index contributed by atoms with van der Waals surface area (Å²) in [5, 5.41) is 1.65. The fourth-order valence-corrected chi connectivity index (χ4v) is 1.91. The second-order valence-corrected chi connectivity index (χ2v) is 3.91. The quantitative estimate of drug-likeness (QED) is 0.521. The Kier molecular flexibility index (Phi) is 4.82. The van der Waals surface area contributed by atoms with Crippen LogP contribution in [-0.4, -0.2) is 14.2 Å². The van der Waals surface area contributed by atoms with Gasteiger partial charge in [-0.1, -0.05) is 11.6 Å². The maximum atomic E-state index is 6.14. The van der Waals surface area contributed by atoms with Crippen molar-refractivity contribution in [1.29, 1.82) is 0 Å². The molecule has 0 N–H and O–H groups in total. The van der Waals surface area contributed by atoms with Crippen LogP contribution in [0.3, 0.4) is 0 Å². The van der Waals surface area contributed by atoms with E-state index in [2.05, 4.69) is 0 Å². The van der Waals surface area contributed by atoms with Crippen molar-refractivity contribution in [2.45, 2.75) is 0 Å². The monoisotopic (exact) mass is 365 g/mol. The van der Waals surface area contributed by atoms with E-state index in [1.807, 2.05) is 36.0 Å². The van der Waals surface area contributed by atoms with Gasteiger partial charge in [-0.2, -0.15) is 0 Å². The Labute approximate surface area is 122 Å². The fraction of sp³-hybridized carbons (Fsp3) is 0.250. The number of halogens is 2. The number of nitrogens with zero attached hydrogens (tertiary/aromatic N) is 1. The van der Waals surface area contributed by atoms with Crippen LogP contribution in [0.5, 0.6) is 11.5 Å². The van der Waals surface area contributed by atoms with E-state index in [1.165, 1.54) is 0 Å².